The summed E-state index contributed by atoms with van der Waals surface area (Å²) in [5.74, 6) is 0.610. The number of hydrogen-bond donors (Lipinski definition) is 0. The molecule has 1 aromatic heterocycles. The third-order valence-corrected chi connectivity index (χ3v) is 5.48. The van der Waals surface area contributed by atoms with E-state index in [0.717, 1.165) is 10.4 Å². The molecule has 7 heteroatoms. The van der Waals surface area contributed by atoms with Gasteiger partial charge in [-0.15, -0.1) is 11.3 Å². The van der Waals surface area contributed by atoms with Crippen LogP contribution in [0.25, 0.3) is 0 Å². The molecular weight excluding hydrogens is 374 g/mol. The Hall–Kier alpha value is -1.89. The van der Waals surface area contributed by atoms with E-state index < -0.39 is 0 Å². The molecule has 138 valence electrons. The van der Waals surface area contributed by atoms with Gasteiger partial charge in [0, 0.05) is 23.0 Å². The number of nitrogens with zero attached hydrogens (tertiary/aromatic N) is 1. The minimum absolute atomic E-state index is 0.0418. The first-order chi connectivity index (χ1) is 12.5. The second-order valence-corrected chi connectivity index (χ2v) is 7.66. The Morgan fingerprint density at radius 1 is 1.23 bits per heavy atom. The summed E-state index contributed by atoms with van der Waals surface area (Å²) < 4.78 is 10.9. The number of ketones is 1. The molecule has 0 radical (unpaired) electrons. The number of rotatable bonds is 6. The monoisotopic (exact) mass is 393 g/mol. The van der Waals surface area contributed by atoms with Gasteiger partial charge < -0.3 is 14.4 Å². The highest BCUT2D eigenvalue weighted by molar-refractivity contribution is 7.14. The van der Waals surface area contributed by atoms with Gasteiger partial charge in [0.15, 0.2) is 6.61 Å². The van der Waals surface area contributed by atoms with Crippen LogP contribution in [0.4, 0.5) is 0 Å². The van der Waals surface area contributed by atoms with Gasteiger partial charge in [-0.2, -0.15) is 0 Å². The molecule has 0 unspecified atom stereocenters. The number of Topliss-reactive ketones (excluding diaryl/α,β-unsaturated/α-hetero) is 1. The van der Waals surface area contributed by atoms with Crippen molar-refractivity contribution in [3.63, 3.8) is 0 Å². The Morgan fingerprint density at radius 2 is 2.00 bits per heavy atom. The van der Waals surface area contributed by atoms with Crippen LogP contribution in [0.15, 0.2) is 30.3 Å². The number of morpholine rings is 1. The summed E-state index contributed by atoms with van der Waals surface area (Å²) in [5, 5.41) is 0.633. The first kappa shape index (κ1) is 18.9. The molecule has 1 fully saturated rings. The molecule has 0 spiro atoms. The van der Waals surface area contributed by atoms with Gasteiger partial charge in [0.1, 0.15) is 5.75 Å². The molecule has 3 rings (SSSR count). The maximum absolute atomic E-state index is 12.3. The number of aryl methyl sites for hydroxylation is 1. The van der Waals surface area contributed by atoms with Gasteiger partial charge in [-0.05, 0) is 42.8 Å². The normalized spacial score (nSPS) is 14.3. The van der Waals surface area contributed by atoms with Crippen LogP contribution < -0.4 is 4.74 Å². The quantitative estimate of drug-likeness (QED) is 0.706. The minimum Gasteiger partial charge on any atom is -0.485 e. The van der Waals surface area contributed by atoms with Crippen molar-refractivity contribution in [2.75, 3.05) is 32.9 Å². The summed E-state index contributed by atoms with van der Waals surface area (Å²) in [5.41, 5.74) is 0.883. The van der Waals surface area contributed by atoms with Crippen LogP contribution in [-0.4, -0.2) is 49.5 Å². The van der Waals surface area contributed by atoms with Gasteiger partial charge in [-0.3, -0.25) is 9.59 Å². The average molecular weight is 394 g/mol. The summed E-state index contributed by atoms with van der Waals surface area (Å²) in [4.78, 5) is 27.9. The lowest BCUT2D eigenvalue weighted by Crippen LogP contribution is -2.41. The van der Waals surface area contributed by atoms with Crippen molar-refractivity contribution in [3.05, 3.63) is 50.7 Å². The van der Waals surface area contributed by atoms with E-state index in [9.17, 15) is 9.59 Å². The Kier molecular flexibility index (Phi) is 6.29. The van der Waals surface area contributed by atoms with E-state index in [1.165, 1.54) is 11.3 Å². The van der Waals surface area contributed by atoms with Gasteiger partial charge in [-0.25, -0.2) is 0 Å². The molecule has 2 aromatic rings. The summed E-state index contributed by atoms with van der Waals surface area (Å²) in [6, 6.07) is 8.87. The second-order valence-electron chi connectivity index (χ2n) is 6.06. The highest BCUT2D eigenvalue weighted by Gasteiger charge is 2.19. The van der Waals surface area contributed by atoms with Crippen molar-refractivity contribution in [2.24, 2.45) is 0 Å². The fourth-order valence-electron chi connectivity index (χ4n) is 2.69. The van der Waals surface area contributed by atoms with Crippen molar-refractivity contribution in [1.82, 2.24) is 4.90 Å². The van der Waals surface area contributed by atoms with Gasteiger partial charge in [0.25, 0.3) is 0 Å². The zero-order valence-electron chi connectivity index (χ0n) is 14.5. The van der Waals surface area contributed by atoms with Crippen LogP contribution in [0.2, 0.25) is 5.02 Å². The molecule has 2 heterocycles. The molecule has 0 N–H and O–H groups in total. The van der Waals surface area contributed by atoms with Crippen LogP contribution in [0, 0.1) is 6.92 Å². The second kappa shape index (κ2) is 8.66. The molecule has 1 aliphatic heterocycles. The zero-order chi connectivity index (χ0) is 18.5. The van der Waals surface area contributed by atoms with Crippen LogP contribution in [0.5, 0.6) is 5.75 Å². The Balaban J connectivity index is 1.54. The summed E-state index contributed by atoms with van der Waals surface area (Å²) in [6.07, 6.45) is 0.315. The molecule has 0 aliphatic carbocycles. The fourth-order valence-corrected chi connectivity index (χ4v) is 3.84. The number of carbonyl (C=O) groups excluding carboxylic acids is 2. The van der Waals surface area contributed by atoms with Crippen molar-refractivity contribution < 1.29 is 19.1 Å². The average Bonchev–Trinajstić information content (AvgIpc) is 3.10. The number of hydrogen-bond acceptors (Lipinski definition) is 5. The standard InChI is InChI=1S/C19H20ClNO4S/c1-13-10-14(20)2-4-17(13)25-12-16(22)18-5-3-15(26-18)11-19(23)21-6-8-24-9-7-21/h2-5,10H,6-9,11-12H2,1H3. The lowest BCUT2D eigenvalue weighted by molar-refractivity contribution is -0.134. The molecule has 0 saturated carbocycles. The molecule has 0 atom stereocenters. The van der Waals surface area contributed by atoms with Crippen molar-refractivity contribution in [3.8, 4) is 5.75 Å². The van der Waals surface area contributed by atoms with E-state index in [1.54, 1.807) is 29.2 Å². The van der Waals surface area contributed by atoms with Crippen molar-refractivity contribution in [1.29, 1.82) is 0 Å². The van der Waals surface area contributed by atoms with Gasteiger partial charge >= 0.3 is 0 Å². The molecule has 0 bridgehead atoms. The predicted octanol–water partition coefficient (Wildman–Crippen LogP) is 3.37. The molecule has 1 amide bonds. The lowest BCUT2D eigenvalue weighted by Gasteiger charge is -2.26. The number of ether oxygens (including phenoxy) is 2. The topological polar surface area (TPSA) is 55.8 Å². The van der Waals surface area contributed by atoms with Gasteiger partial charge in [0.2, 0.25) is 11.7 Å². The summed E-state index contributed by atoms with van der Waals surface area (Å²) in [6.45, 7) is 4.27. The maximum Gasteiger partial charge on any atom is 0.227 e. The number of thiophene rings is 1. The third kappa shape index (κ3) is 4.84. The van der Waals surface area contributed by atoms with E-state index >= 15 is 0 Å². The van der Waals surface area contributed by atoms with Crippen molar-refractivity contribution >= 4 is 34.6 Å². The third-order valence-electron chi connectivity index (χ3n) is 4.12. The molecular formula is C19H20ClNO4S. The van der Waals surface area contributed by atoms with Gasteiger partial charge in [0.05, 0.1) is 24.5 Å². The highest BCUT2D eigenvalue weighted by Crippen LogP contribution is 2.23. The Labute approximate surface area is 161 Å². The maximum atomic E-state index is 12.3. The first-order valence-corrected chi connectivity index (χ1v) is 9.59. The minimum atomic E-state index is -0.102. The first-order valence-electron chi connectivity index (χ1n) is 8.39. The molecule has 26 heavy (non-hydrogen) atoms. The van der Waals surface area contributed by atoms with Gasteiger partial charge in [-0.1, -0.05) is 11.6 Å². The number of benzene rings is 1. The van der Waals surface area contributed by atoms with E-state index in [1.807, 2.05) is 13.0 Å². The van der Waals surface area contributed by atoms with E-state index in [4.69, 9.17) is 21.1 Å². The molecule has 5 nitrogen and oxygen atoms in total. The molecule has 1 saturated heterocycles. The van der Waals surface area contributed by atoms with E-state index in [0.29, 0.717) is 48.4 Å². The zero-order valence-corrected chi connectivity index (χ0v) is 16.1. The largest absolute Gasteiger partial charge is 0.485 e. The Bertz CT molecular complexity index is 799. The fraction of sp³-hybridized carbons (Fsp3) is 0.368. The molecule has 1 aromatic carbocycles. The van der Waals surface area contributed by atoms with Crippen LogP contribution in [0.1, 0.15) is 20.1 Å². The number of amides is 1. The van der Waals surface area contributed by atoms with Crippen LogP contribution >= 0.6 is 22.9 Å². The van der Waals surface area contributed by atoms with Crippen LogP contribution in [0.3, 0.4) is 0 Å². The highest BCUT2D eigenvalue weighted by atomic mass is 35.5. The Morgan fingerprint density at radius 3 is 2.73 bits per heavy atom. The van der Waals surface area contributed by atoms with E-state index in [-0.39, 0.29) is 18.3 Å². The number of halogens is 1. The summed E-state index contributed by atoms with van der Waals surface area (Å²) in [7, 11) is 0. The van der Waals surface area contributed by atoms with Crippen LogP contribution in [-0.2, 0) is 16.0 Å². The lowest BCUT2D eigenvalue weighted by atomic mass is 10.2. The molecule has 1 aliphatic rings. The smallest absolute Gasteiger partial charge is 0.227 e. The predicted molar refractivity (Wildman–Crippen MR) is 101 cm³/mol. The summed E-state index contributed by atoms with van der Waals surface area (Å²) >= 11 is 7.26. The van der Waals surface area contributed by atoms with Crippen molar-refractivity contribution in [2.45, 2.75) is 13.3 Å². The SMILES string of the molecule is Cc1cc(Cl)ccc1OCC(=O)c1ccc(CC(=O)N2CCOCC2)s1. The van der Waals surface area contributed by atoms with E-state index in [2.05, 4.69) is 0 Å². The number of carbonyl (C=O) groups is 2.